The number of carboxylic acids is 2. The van der Waals surface area contributed by atoms with Gasteiger partial charge >= 0.3 is 11.9 Å². The summed E-state index contributed by atoms with van der Waals surface area (Å²) in [5.74, 6) is -0.923. The number of carboxylic acid groups (broad SMARTS) is 2. The molecule has 220 valence electrons. The maximum atomic E-state index is 9.55. The van der Waals surface area contributed by atoms with E-state index in [1.807, 2.05) is 0 Å². The molecule has 38 heavy (non-hydrogen) atoms. The Bertz CT molecular complexity index is 731. The molecule has 4 unspecified atom stereocenters. The zero-order valence-electron chi connectivity index (χ0n) is 25.4. The molecule has 4 atom stereocenters. The molecule has 0 aromatic rings. The van der Waals surface area contributed by atoms with Crippen molar-refractivity contribution in [1.82, 2.24) is 20.4 Å². The molecule has 8 heteroatoms. The number of fused-ring (bicyclic) bond motifs is 4. The van der Waals surface area contributed by atoms with Crippen molar-refractivity contribution in [3.8, 4) is 0 Å². The van der Waals surface area contributed by atoms with Crippen LogP contribution >= 0.6 is 0 Å². The minimum absolute atomic E-state index is 0.514. The number of nitrogens with one attached hydrogen (secondary N) is 2. The summed E-state index contributed by atoms with van der Waals surface area (Å²) in [6.45, 7) is 31.6. The van der Waals surface area contributed by atoms with Crippen molar-refractivity contribution in [2.45, 2.75) is 68.2 Å². The van der Waals surface area contributed by atoms with E-state index in [4.69, 9.17) is 10.2 Å². The molecule has 0 aromatic heterocycles. The molecular formula is C30H56N4O4. The normalized spacial score (nSPS) is 35.3. The van der Waals surface area contributed by atoms with Crippen LogP contribution in [0.3, 0.4) is 0 Å². The Hall–Kier alpha value is -1.48. The van der Waals surface area contributed by atoms with Gasteiger partial charge in [-0.25, -0.2) is 9.59 Å². The van der Waals surface area contributed by atoms with Crippen molar-refractivity contribution in [2.24, 2.45) is 33.5 Å². The molecule has 4 aliphatic heterocycles. The lowest BCUT2D eigenvalue weighted by Crippen LogP contribution is -2.61. The average Bonchev–Trinajstić information content (AvgIpc) is 2.69. The van der Waals surface area contributed by atoms with Crippen molar-refractivity contribution in [1.29, 1.82) is 0 Å². The van der Waals surface area contributed by atoms with E-state index < -0.39 is 11.9 Å². The lowest BCUT2D eigenvalue weighted by Gasteiger charge is -2.54. The molecule has 8 nitrogen and oxygen atoms in total. The number of hydrogen-bond donors (Lipinski definition) is 4. The topological polar surface area (TPSA) is 105 Å². The third-order valence-electron chi connectivity index (χ3n) is 7.95. The number of rotatable bonds is 6. The molecule has 4 aliphatic rings. The second-order valence-electron chi connectivity index (χ2n) is 14.9. The number of likely N-dealkylation sites (tertiary alicyclic amines) is 2. The van der Waals surface area contributed by atoms with Gasteiger partial charge in [0.25, 0.3) is 0 Å². The third-order valence-corrected chi connectivity index (χ3v) is 7.95. The van der Waals surface area contributed by atoms with Gasteiger partial charge in [0.15, 0.2) is 0 Å². The molecule has 4 heterocycles. The van der Waals surface area contributed by atoms with Gasteiger partial charge in [0.05, 0.1) is 0 Å². The van der Waals surface area contributed by atoms with Gasteiger partial charge in [-0.1, -0.05) is 55.4 Å². The van der Waals surface area contributed by atoms with Crippen LogP contribution in [0.1, 0.15) is 68.2 Å². The first-order valence-electron chi connectivity index (χ1n) is 14.4. The van der Waals surface area contributed by atoms with Crippen LogP contribution in [0.4, 0.5) is 0 Å². The smallest absolute Gasteiger partial charge is 0.328 e. The van der Waals surface area contributed by atoms with E-state index in [0.717, 1.165) is 11.8 Å². The maximum absolute atomic E-state index is 9.55. The Morgan fingerprint density at radius 2 is 0.921 bits per heavy atom. The Morgan fingerprint density at radius 3 is 1.13 bits per heavy atom. The number of nitrogens with zero attached hydrogens (tertiary/aromatic N) is 2. The lowest BCUT2D eigenvalue weighted by atomic mass is 9.66. The summed E-state index contributed by atoms with van der Waals surface area (Å²) in [7, 11) is 0. The van der Waals surface area contributed by atoms with Crippen LogP contribution in [-0.4, -0.2) is 97.4 Å². The van der Waals surface area contributed by atoms with Crippen LogP contribution < -0.4 is 10.6 Å². The summed E-state index contributed by atoms with van der Waals surface area (Å²) in [5.41, 5.74) is 2.06. The highest BCUT2D eigenvalue weighted by atomic mass is 16.4. The fourth-order valence-corrected chi connectivity index (χ4v) is 7.79. The Morgan fingerprint density at radius 1 is 0.658 bits per heavy atom. The van der Waals surface area contributed by atoms with Gasteiger partial charge in [-0.05, 0) is 46.3 Å². The zero-order valence-corrected chi connectivity index (χ0v) is 25.4. The quantitative estimate of drug-likeness (QED) is 0.382. The molecule has 4 saturated heterocycles. The molecule has 4 bridgehead atoms. The minimum Gasteiger partial charge on any atom is -0.478 e. The van der Waals surface area contributed by atoms with Crippen LogP contribution in [0.15, 0.2) is 12.2 Å². The highest BCUT2D eigenvalue weighted by Gasteiger charge is 2.46. The van der Waals surface area contributed by atoms with Gasteiger partial charge < -0.3 is 30.6 Å². The first-order chi connectivity index (χ1) is 17.4. The SMILES string of the molecule is CC(C)CN1CC2(C)CNCC(C)(C1)C2.CC(C)CN1CC2(C)CNCC(C)(C1)C2.O=C(O)/C=C/C(=O)O. The summed E-state index contributed by atoms with van der Waals surface area (Å²) >= 11 is 0. The van der Waals surface area contributed by atoms with E-state index in [1.165, 1.54) is 78.3 Å². The van der Waals surface area contributed by atoms with Crippen LogP contribution in [-0.2, 0) is 9.59 Å². The van der Waals surface area contributed by atoms with Crippen LogP contribution in [0.2, 0.25) is 0 Å². The van der Waals surface area contributed by atoms with E-state index in [-0.39, 0.29) is 0 Å². The number of piperidine rings is 4. The molecule has 4 fully saturated rings. The van der Waals surface area contributed by atoms with Gasteiger partial charge in [0, 0.05) is 77.6 Å². The van der Waals surface area contributed by atoms with Gasteiger partial charge in [-0.3, -0.25) is 0 Å². The van der Waals surface area contributed by atoms with Gasteiger partial charge in [0.2, 0.25) is 0 Å². The van der Waals surface area contributed by atoms with Crippen molar-refractivity contribution < 1.29 is 19.8 Å². The highest BCUT2D eigenvalue weighted by Crippen LogP contribution is 2.43. The maximum Gasteiger partial charge on any atom is 0.328 e. The van der Waals surface area contributed by atoms with Gasteiger partial charge in [0.1, 0.15) is 0 Å². The fourth-order valence-electron chi connectivity index (χ4n) is 7.79. The number of hydrogen-bond acceptors (Lipinski definition) is 6. The Labute approximate surface area is 231 Å². The number of aliphatic carboxylic acids is 2. The monoisotopic (exact) mass is 536 g/mol. The Kier molecular flexibility index (Phi) is 11.4. The summed E-state index contributed by atoms with van der Waals surface area (Å²) < 4.78 is 0. The Balaban J connectivity index is 0.000000211. The van der Waals surface area contributed by atoms with Crippen molar-refractivity contribution in [2.75, 3.05) is 65.4 Å². The van der Waals surface area contributed by atoms with Crippen LogP contribution in [0, 0.1) is 33.5 Å². The molecule has 0 aliphatic carbocycles. The van der Waals surface area contributed by atoms with Gasteiger partial charge in [-0.2, -0.15) is 0 Å². The van der Waals surface area contributed by atoms with E-state index in [9.17, 15) is 9.59 Å². The third kappa shape index (κ3) is 10.9. The largest absolute Gasteiger partial charge is 0.478 e. The summed E-state index contributed by atoms with van der Waals surface area (Å²) in [5, 5.41) is 22.9. The lowest BCUT2D eigenvalue weighted by molar-refractivity contribution is -0.134. The standard InChI is InChI=1S/2C13H26N2.C4H4O4/c2*1-11(2)5-15-9-12(3)6-13(4,10-15)8-14-7-12;5-3(6)1-2-4(7)8/h2*11,14H,5-10H2,1-4H3;1-2H,(H,5,6)(H,7,8)/b;;2-1+. The van der Waals surface area contributed by atoms with E-state index >= 15 is 0 Å². The molecule has 0 aromatic carbocycles. The van der Waals surface area contributed by atoms with Crippen molar-refractivity contribution in [3.05, 3.63) is 12.2 Å². The summed E-state index contributed by atoms with van der Waals surface area (Å²) in [6, 6.07) is 0. The molecular weight excluding hydrogens is 480 g/mol. The molecule has 4 N–H and O–H groups in total. The van der Waals surface area contributed by atoms with E-state index in [0.29, 0.717) is 33.8 Å². The number of carbonyl (C=O) groups is 2. The molecule has 0 spiro atoms. The van der Waals surface area contributed by atoms with Gasteiger partial charge in [-0.15, -0.1) is 0 Å². The zero-order chi connectivity index (χ0) is 28.8. The fraction of sp³-hybridized carbons (Fsp3) is 0.867. The second kappa shape index (κ2) is 13.2. The molecule has 0 saturated carbocycles. The van der Waals surface area contributed by atoms with Crippen LogP contribution in [0.5, 0.6) is 0 Å². The van der Waals surface area contributed by atoms with Crippen molar-refractivity contribution in [3.63, 3.8) is 0 Å². The molecule has 0 radical (unpaired) electrons. The van der Waals surface area contributed by atoms with E-state index in [1.54, 1.807) is 0 Å². The second-order valence-corrected chi connectivity index (χ2v) is 14.9. The molecule has 4 rings (SSSR count). The first-order valence-corrected chi connectivity index (χ1v) is 14.4. The van der Waals surface area contributed by atoms with E-state index in [2.05, 4.69) is 75.8 Å². The summed E-state index contributed by atoms with van der Waals surface area (Å²) in [6.07, 6.45) is 3.92. The van der Waals surface area contributed by atoms with Crippen LogP contribution in [0.25, 0.3) is 0 Å². The predicted molar refractivity (Wildman–Crippen MR) is 154 cm³/mol. The first kappa shape index (κ1) is 32.7. The predicted octanol–water partition coefficient (Wildman–Crippen LogP) is 3.64. The molecule has 0 amide bonds. The summed E-state index contributed by atoms with van der Waals surface area (Å²) in [4.78, 5) is 24.5. The average molecular weight is 537 g/mol. The highest BCUT2D eigenvalue weighted by molar-refractivity contribution is 5.89. The minimum atomic E-state index is -1.26. The van der Waals surface area contributed by atoms with Crippen molar-refractivity contribution >= 4 is 11.9 Å².